The van der Waals surface area contributed by atoms with Crippen LogP contribution in [0, 0.1) is 0 Å². The zero-order valence-electron chi connectivity index (χ0n) is 12.1. The molecule has 0 atom stereocenters. The number of nitrogens with zero attached hydrogens (tertiary/aromatic N) is 3. The number of piperazine rings is 1. The van der Waals surface area contributed by atoms with Crippen LogP contribution in [-0.2, 0) is 10.0 Å². The van der Waals surface area contributed by atoms with Crippen molar-refractivity contribution in [2.75, 3.05) is 31.9 Å². The van der Waals surface area contributed by atoms with Crippen LogP contribution >= 0.6 is 0 Å². The van der Waals surface area contributed by atoms with Gasteiger partial charge in [0.1, 0.15) is 10.7 Å². The molecular weight excluding hydrogens is 288 g/mol. The van der Waals surface area contributed by atoms with E-state index in [0.29, 0.717) is 19.1 Å². The normalized spacial score (nSPS) is 22.7. The molecule has 1 aromatic rings. The van der Waals surface area contributed by atoms with Gasteiger partial charge in [-0.15, -0.1) is 0 Å². The molecule has 0 unspecified atom stereocenters. The van der Waals surface area contributed by atoms with Crippen molar-refractivity contribution in [2.24, 2.45) is 0 Å². The Labute approximate surface area is 126 Å². The lowest BCUT2D eigenvalue weighted by atomic mass is 10.2. The average molecular weight is 310 g/mol. The first kappa shape index (κ1) is 14.7. The van der Waals surface area contributed by atoms with Gasteiger partial charge in [0.15, 0.2) is 0 Å². The summed E-state index contributed by atoms with van der Waals surface area (Å²) in [5.74, 6) is 0.0794. The number of hydrogen-bond acceptors (Lipinski definition) is 5. The van der Waals surface area contributed by atoms with Crippen molar-refractivity contribution >= 4 is 15.8 Å². The smallest absolute Gasteiger partial charge is 0.246 e. The largest absolute Gasteiger partial charge is 0.383 e. The van der Waals surface area contributed by atoms with Crippen LogP contribution in [-0.4, -0.2) is 54.8 Å². The van der Waals surface area contributed by atoms with E-state index in [9.17, 15) is 8.42 Å². The fourth-order valence-electron chi connectivity index (χ4n) is 3.34. The van der Waals surface area contributed by atoms with Gasteiger partial charge >= 0.3 is 0 Å². The summed E-state index contributed by atoms with van der Waals surface area (Å²) in [4.78, 5) is 6.44. The SMILES string of the molecule is Nc1ncccc1S(=O)(=O)N1CCN(C2CCCC2)CC1. The fraction of sp³-hybridized carbons (Fsp3) is 0.643. The minimum atomic E-state index is -3.52. The molecule has 3 rings (SSSR count). The summed E-state index contributed by atoms with van der Waals surface area (Å²) in [6, 6.07) is 3.79. The first-order chi connectivity index (χ1) is 10.1. The van der Waals surface area contributed by atoms with Crippen LogP contribution in [0.4, 0.5) is 5.82 Å². The Morgan fingerprint density at radius 3 is 2.43 bits per heavy atom. The van der Waals surface area contributed by atoms with E-state index in [2.05, 4.69) is 9.88 Å². The molecule has 1 aliphatic carbocycles. The van der Waals surface area contributed by atoms with Crippen molar-refractivity contribution in [3.8, 4) is 0 Å². The number of rotatable bonds is 3. The van der Waals surface area contributed by atoms with Crippen LogP contribution in [0.1, 0.15) is 25.7 Å². The maximum absolute atomic E-state index is 12.6. The first-order valence-electron chi connectivity index (χ1n) is 7.54. The summed E-state index contributed by atoms with van der Waals surface area (Å²) in [6.07, 6.45) is 6.61. The molecule has 2 fully saturated rings. The number of nitrogen functional groups attached to an aromatic ring is 1. The van der Waals surface area contributed by atoms with Gasteiger partial charge in [0.2, 0.25) is 10.0 Å². The van der Waals surface area contributed by atoms with Crippen molar-refractivity contribution in [1.82, 2.24) is 14.2 Å². The fourth-order valence-corrected chi connectivity index (χ4v) is 4.83. The second-order valence-electron chi connectivity index (χ2n) is 5.77. The van der Waals surface area contributed by atoms with E-state index < -0.39 is 10.0 Å². The Morgan fingerprint density at radius 1 is 1.14 bits per heavy atom. The van der Waals surface area contributed by atoms with Gasteiger partial charge in [0.05, 0.1) is 0 Å². The van der Waals surface area contributed by atoms with E-state index >= 15 is 0 Å². The number of hydrogen-bond donors (Lipinski definition) is 1. The van der Waals surface area contributed by atoms with Crippen LogP contribution < -0.4 is 5.73 Å². The molecule has 2 aliphatic rings. The van der Waals surface area contributed by atoms with E-state index in [-0.39, 0.29) is 10.7 Å². The molecule has 0 aromatic carbocycles. The number of nitrogens with two attached hydrogens (primary N) is 1. The van der Waals surface area contributed by atoms with E-state index in [4.69, 9.17) is 5.73 Å². The van der Waals surface area contributed by atoms with Crippen LogP contribution in [0.2, 0.25) is 0 Å². The molecule has 6 nitrogen and oxygen atoms in total. The van der Waals surface area contributed by atoms with E-state index in [1.54, 1.807) is 6.07 Å². The second-order valence-corrected chi connectivity index (χ2v) is 7.67. The van der Waals surface area contributed by atoms with Crippen LogP contribution in [0.25, 0.3) is 0 Å². The van der Waals surface area contributed by atoms with Crippen LogP contribution in [0.3, 0.4) is 0 Å². The lowest BCUT2D eigenvalue weighted by molar-refractivity contribution is 0.139. The first-order valence-corrected chi connectivity index (χ1v) is 8.98. The van der Waals surface area contributed by atoms with E-state index in [1.807, 2.05) is 0 Å². The molecule has 1 aromatic heterocycles. The van der Waals surface area contributed by atoms with Gasteiger partial charge in [-0.3, -0.25) is 4.90 Å². The highest BCUT2D eigenvalue weighted by molar-refractivity contribution is 7.89. The predicted octanol–water partition coefficient (Wildman–Crippen LogP) is 0.913. The molecule has 1 aliphatic heterocycles. The molecule has 0 amide bonds. The van der Waals surface area contributed by atoms with E-state index in [0.717, 1.165) is 13.1 Å². The Balaban J connectivity index is 1.70. The minimum Gasteiger partial charge on any atom is -0.383 e. The highest BCUT2D eigenvalue weighted by Gasteiger charge is 2.32. The Morgan fingerprint density at radius 2 is 1.81 bits per heavy atom. The topological polar surface area (TPSA) is 79.5 Å². The molecule has 2 heterocycles. The standard InChI is InChI=1S/C14H22N4O2S/c15-14-13(6-3-7-16-14)21(19,20)18-10-8-17(9-11-18)12-4-1-2-5-12/h3,6-7,12H,1-2,4-5,8-11H2,(H2,15,16). The summed E-state index contributed by atoms with van der Waals surface area (Å²) in [5, 5.41) is 0. The summed E-state index contributed by atoms with van der Waals surface area (Å²) in [6.45, 7) is 2.69. The molecule has 2 N–H and O–H groups in total. The third-order valence-corrected chi connectivity index (χ3v) is 6.48. The van der Waals surface area contributed by atoms with Crippen LogP contribution in [0.15, 0.2) is 23.2 Å². The second kappa shape index (κ2) is 5.90. The van der Waals surface area contributed by atoms with Gasteiger partial charge in [-0.1, -0.05) is 12.8 Å². The van der Waals surface area contributed by atoms with Crippen molar-refractivity contribution < 1.29 is 8.42 Å². The van der Waals surface area contributed by atoms with Gasteiger partial charge in [0, 0.05) is 38.4 Å². The summed E-state index contributed by atoms with van der Waals surface area (Å²) >= 11 is 0. The molecule has 7 heteroatoms. The van der Waals surface area contributed by atoms with Gasteiger partial charge in [-0.2, -0.15) is 4.31 Å². The minimum absolute atomic E-state index is 0.0794. The molecule has 21 heavy (non-hydrogen) atoms. The molecule has 0 radical (unpaired) electrons. The quantitative estimate of drug-likeness (QED) is 0.898. The maximum Gasteiger partial charge on any atom is 0.246 e. The van der Waals surface area contributed by atoms with Crippen molar-refractivity contribution in [1.29, 1.82) is 0 Å². The van der Waals surface area contributed by atoms with Gasteiger partial charge in [-0.25, -0.2) is 13.4 Å². The molecule has 1 saturated carbocycles. The van der Waals surface area contributed by atoms with Gasteiger partial charge < -0.3 is 5.73 Å². The molecule has 0 spiro atoms. The number of pyridine rings is 1. The number of anilines is 1. The lowest BCUT2D eigenvalue weighted by Gasteiger charge is -2.37. The number of aromatic nitrogens is 1. The Kier molecular flexibility index (Phi) is 4.14. The number of sulfonamides is 1. The predicted molar refractivity (Wildman–Crippen MR) is 81.2 cm³/mol. The van der Waals surface area contributed by atoms with Crippen molar-refractivity contribution in [3.63, 3.8) is 0 Å². The third kappa shape index (κ3) is 2.90. The molecular formula is C14H22N4O2S. The average Bonchev–Trinajstić information content (AvgIpc) is 3.02. The van der Waals surface area contributed by atoms with Crippen molar-refractivity contribution in [2.45, 2.75) is 36.6 Å². The summed E-state index contributed by atoms with van der Waals surface area (Å²) in [5.41, 5.74) is 5.71. The Hall–Kier alpha value is -1.18. The summed E-state index contributed by atoms with van der Waals surface area (Å²) < 4.78 is 26.8. The van der Waals surface area contributed by atoms with E-state index in [1.165, 1.54) is 42.3 Å². The van der Waals surface area contributed by atoms with Gasteiger partial charge in [0.25, 0.3) is 0 Å². The van der Waals surface area contributed by atoms with Crippen LogP contribution in [0.5, 0.6) is 0 Å². The highest BCUT2D eigenvalue weighted by atomic mass is 32.2. The monoisotopic (exact) mass is 310 g/mol. The van der Waals surface area contributed by atoms with Crippen molar-refractivity contribution in [3.05, 3.63) is 18.3 Å². The third-order valence-electron chi connectivity index (χ3n) is 4.53. The highest BCUT2D eigenvalue weighted by Crippen LogP contribution is 2.26. The zero-order chi connectivity index (χ0) is 14.9. The Bertz CT molecular complexity index is 591. The molecule has 116 valence electrons. The molecule has 0 bridgehead atoms. The molecule has 1 saturated heterocycles. The zero-order valence-corrected chi connectivity index (χ0v) is 12.9. The van der Waals surface area contributed by atoms with Gasteiger partial charge in [-0.05, 0) is 25.0 Å². The lowest BCUT2D eigenvalue weighted by Crippen LogP contribution is -2.51. The summed E-state index contributed by atoms with van der Waals surface area (Å²) in [7, 11) is -3.52. The maximum atomic E-state index is 12.6.